The number of methoxy groups -OCH3 is 1. The molecule has 194 valence electrons. The van der Waals surface area contributed by atoms with Gasteiger partial charge in [0.25, 0.3) is 5.91 Å². The summed E-state index contributed by atoms with van der Waals surface area (Å²) >= 11 is 1.55. The molecule has 0 saturated carbocycles. The summed E-state index contributed by atoms with van der Waals surface area (Å²) in [6.07, 6.45) is 0. The fourth-order valence-electron chi connectivity index (χ4n) is 4.49. The van der Waals surface area contributed by atoms with Crippen molar-refractivity contribution in [3.8, 4) is 5.75 Å². The van der Waals surface area contributed by atoms with Crippen LogP contribution >= 0.6 is 11.8 Å². The predicted octanol–water partition coefficient (Wildman–Crippen LogP) is 6.63. The van der Waals surface area contributed by atoms with E-state index in [1.54, 1.807) is 18.9 Å². The SMILES string of the molecule is COc1cccc(CSc2nc3n(n2)C(c2ccc(C(C)C)cc2)C(C(=O)Nc2ccccc2)=C(C)N3)c1. The van der Waals surface area contributed by atoms with E-state index in [-0.39, 0.29) is 5.91 Å². The van der Waals surface area contributed by atoms with Crippen molar-refractivity contribution in [2.24, 2.45) is 0 Å². The summed E-state index contributed by atoms with van der Waals surface area (Å²) in [7, 11) is 1.66. The van der Waals surface area contributed by atoms with E-state index >= 15 is 0 Å². The number of thioether (sulfide) groups is 1. The van der Waals surface area contributed by atoms with Crippen molar-refractivity contribution >= 4 is 29.3 Å². The Balaban J connectivity index is 1.48. The summed E-state index contributed by atoms with van der Waals surface area (Å²) in [6.45, 7) is 6.25. The lowest BCUT2D eigenvalue weighted by atomic mass is 9.93. The number of hydrogen-bond donors (Lipinski definition) is 2. The number of hydrogen-bond acceptors (Lipinski definition) is 6. The maximum atomic E-state index is 13.6. The molecule has 0 bridgehead atoms. The molecule has 2 N–H and O–H groups in total. The first-order valence-corrected chi connectivity index (χ1v) is 13.6. The van der Waals surface area contributed by atoms with Crippen molar-refractivity contribution in [3.63, 3.8) is 0 Å². The van der Waals surface area contributed by atoms with Crippen LogP contribution in [0.5, 0.6) is 5.75 Å². The average Bonchev–Trinajstić information content (AvgIpc) is 3.34. The Kier molecular flexibility index (Phi) is 7.51. The van der Waals surface area contributed by atoms with Gasteiger partial charge >= 0.3 is 0 Å². The first kappa shape index (κ1) is 25.6. The Morgan fingerprint density at radius 3 is 2.55 bits per heavy atom. The number of anilines is 2. The number of carbonyl (C=O) groups excluding carboxylic acids is 1. The molecule has 38 heavy (non-hydrogen) atoms. The molecule has 0 spiro atoms. The van der Waals surface area contributed by atoms with Crippen molar-refractivity contribution in [3.05, 3.63) is 107 Å². The number of benzene rings is 3. The van der Waals surface area contributed by atoms with Crippen molar-refractivity contribution in [1.29, 1.82) is 0 Å². The van der Waals surface area contributed by atoms with Gasteiger partial charge < -0.3 is 15.4 Å². The van der Waals surface area contributed by atoms with Crippen LogP contribution in [0.2, 0.25) is 0 Å². The Bertz CT molecular complexity index is 1460. The molecule has 1 atom stereocenters. The summed E-state index contributed by atoms with van der Waals surface area (Å²) in [5.41, 5.74) is 5.43. The van der Waals surface area contributed by atoms with Gasteiger partial charge in [-0.15, -0.1) is 5.10 Å². The molecule has 1 amide bonds. The third kappa shape index (κ3) is 5.45. The Morgan fingerprint density at radius 1 is 1.08 bits per heavy atom. The number of fused-ring (bicyclic) bond motifs is 1. The maximum absolute atomic E-state index is 13.6. The molecule has 0 saturated heterocycles. The molecule has 0 radical (unpaired) electrons. The normalized spacial score (nSPS) is 14.7. The van der Waals surface area contributed by atoms with E-state index in [0.29, 0.717) is 28.3 Å². The van der Waals surface area contributed by atoms with Gasteiger partial charge in [-0.25, -0.2) is 4.68 Å². The van der Waals surface area contributed by atoms with Crippen LogP contribution in [0.3, 0.4) is 0 Å². The molecular weight excluding hydrogens is 494 g/mol. The fourth-order valence-corrected chi connectivity index (χ4v) is 5.26. The topological polar surface area (TPSA) is 81.1 Å². The van der Waals surface area contributed by atoms with Gasteiger partial charge in [0.1, 0.15) is 11.8 Å². The molecule has 2 heterocycles. The number of amides is 1. The van der Waals surface area contributed by atoms with Gasteiger partial charge in [-0.1, -0.05) is 80.2 Å². The fraction of sp³-hybridized carbons (Fsp3) is 0.233. The molecule has 1 aromatic heterocycles. The third-order valence-electron chi connectivity index (χ3n) is 6.53. The van der Waals surface area contributed by atoms with Crippen LogP contribution in [0.25, 0.3) is 0 Å². The summed E-state index contributed by atoms with van der Waals surface area (Å²) in [4.78, 5) is 18.4. The highest BCUT2D eigenvalue weighted by Crippen LogP contribution is 2.37. The highest BCUT2D eigenvalue weighted by molar-refractivity contribution is 7.98. The minimum absolute atomic E-state index is 0.175. The van der Waals surface area contributed by atoms with Crippen molar-refractivity contribution in [1.82, 2.24) is 14.8 Å². The van der Waals surface area contributed by atoms with Crippen LogP contribution < -0.4 is 15.4 Å². The summed E-state index contributed by atoms with van der Waals surface area (Å²) in [6, 6.07) is 25.5. The zero-order chi connectivity index (χ0) is 26.6. The van der Waals surface area contributed by atoms with Gasteiger partial charge in [-0.3, -0.25) is 4.79 Å². The summed E-state index contributed by atoms with van der Waals surface area (Å²) in [5, 5.41) is 11.9. The highest BCUT2D eigenvalue weighted by Gasteiger charge is 2.34. The lowest BCUT2D eigenvalue weighted by molar-refractivity contribution is -0.113. The minimum atomic E-state index is -0.421. The van der Waals surface area contributed by atoms with Crippen LogP contribution in [0.15, 0.2) is 95.3 Å². The number of nitrogens with zero attached hydrogens (tertiary/aromatic N) is 3. The van der Waals surface area contributed by atoms with E-state index in [9.17, 15) is 4.79 Å². The van der Waals surface area contributed by atoms with E-state index in [1.165, 1.54) is 5.56 Å². The zero-order valence-electron chi connectivity index (χ0n) is 21.9. The second-order valence-corrected chi connectivity index (χ2v) is 10.5. The molecule has 5 rings (SSSR count). The van der Waals surface area contributed by atoms with Crippen LogP contribution in [-0.2, 0) is 10.5 Å². The molecule has 1 aliphatic rings. The molecule has 1 aliphatic heterocycles. The molecular formula is C30H31N5O2S. The minimum Gasteiger partial charge on any atom is -0.497 e. The van der Waals surface area contributed by atoms with Crippen molar-refractivity contribution < 1.29 is 9.53 Å². The van der Waals surface area contributed by atoms with Gasteiger partial charge in [0, 0.05) is 17.1 Å². The first-order valence-electron chi connectivity index (χ1n) is 12.6. The predicted molar refractivity (Wildman–Crippen MR) is 153 cm³/mol. The number of carbonyl (C=O) groups is 1. The Hall–Kier alpha value is -4.04. The van der Waals surface area contributed by atoms with Gasteiger partial charge in [-0.2, -0.15) is 4.98 Å². The van der Waals surface area contributed by atoms with E-state index < -0.39 is 6.04 Å². The summed E-state index contributed by atoms with van der Waals surface area (Å²) < 4.78 is 7.17. The Morgan fingerprint density at radius 2 is 1.84 bits per heavy atom. The lowest BCUT2D eigenvalue weighted by Gasteiger charge is -2.29. The second kappa shape index (κ2) is 11.1. The van der Waals surface area contributed by atoms with Crippen LogP contribution in [0.1, 0.15) is 49.4 Å². The number of ether oxygens (including phenoxy) is 1. The van der Waals surface area contributed by atoms with Crippen LogP contribution in [0, 0.1) is 0 Å². The second-order valence-electron chi connectivity index (χ2n) is 9.51. The van der Waals surface area contributed by atoms with E-state index in [0.717, 1.165) is 28.3 Å². The number of allylic oxidation sites excluding steroid dienone is 1. The monoisotopic (exact) mass is 525 g/mol. The zero-order valence-corrected chi connectivity index (χ0v) is 22.8. The van der Waals surface area contributed by atoms with E-state index in [4.69, 9.17) is 14.8 Å². The summed E-state index contributed by atoms with van der Waals surface area (Å²) in [5.74, 6) is 2.37. The molecule has 4 aromatic rings. The number of nitrogens with one attached hydrogen (secondary N) is 2. The Labute approximate surface area is 227 Å². The van der Waals surface area contributed by atoms with Gasteiger partial charge in [0.05, 0.1) is 12.7 Å². The number of aromatic nitrogens is 3. The standard InChI is InChI=1S/C30H31N5O2S/c1-19(2)22-13-15-23(16-14-22)27-26(28(36)32-24-10-6-5-7-11-24)20(3)31-29-33-30(34-35(27)29)38-18-21-9-8-12-25(17-21)37-4/h5-17,19,27H,18H2,1-4H3,(H,32,36)(H,31,33,34). The van der Waals surface area contributed by atoms with E-state index in [1.807, 2.05) is 60.1 Å². The van der Waals surface area contributed by atoms with Gasteiger partial charge in [0.2, 0.25) is 11.1 Å². The quantitative estimate of drug-likeness (QED) is 0.251. The molecule has 1 unspecified atom stereocenters. The molecule has 0 aliphatic carbocycles. The molecule has 0 fully saturated rings. The van der Waals surface area contributed by atoms with E-state index in [2.05, 4.69) is 54.8 Å². The van der Waals surface area contributed by atoms with Crippen molar-refractivity contribution in [2.45, 2.75) is 43.6 Å². The largest absolute Gasteiger partial charge is 0.497 e. The van der Waals surface area contributed by atoms with Gasteiger partial charge in [0.15, 0.2) is 0 Å². The number of para-hydroxylation sites is 1. The maximum Gasteiger partial charge on any atom is 0.255 e. The lowest BCUT2D eigenvalue weighted by Crippen LogP contribution is -2.31. The highest BCUT2D eigenvalue weighted by atomic mass is 32.2. The third-order valence-corrected chi connectivity index (χ3v) is 7.44. The van der Waals surface area contributed by atoms with Gasteiger partial charge in [-0.05, 0) is 53.8 Å². The smallest absolute Gasteiger partial charge is 0.255 e. The molecule has 7 nitrogen and oxygen atoms in total. The molecule has 3 aromatic carbocycles. The van der Waals surface area contributed by atoms with Crippen LogP contribution in [0.4, 0.5) is 11.6 Å². The average molecular weight is 526 g/mol. The number of rotatable bonds is 8. The van der Waals surface area contributed by atoms with Crippen LogP contribution in [-0.4, -0.2) is 27.8 Å². The first-order chi connectivity index (χ1) is 18.4. The molecule has 8 heteroatoms. The van der Waals surface area contributed by atoms with Crippen molar-refractivity contribution in [2.75, 3.05) is 17.7 Å².